The minimum Gasteiger partial charge on any atom is -0.461 e. The number of furan rings is 1. The van der Waals surface area contributed by atoms with Crippen molar-refractivity contribution >= 4 is 11.6 Å². The average Bonchev–Trinajstić information content (AvgIpc) is 3.08. The largest absolute Gasteiger partial charge is 0.461 e. The molecule has 0 aliphatic rings. The first-order valence-electron chi connectivity index (χ1n) is 6.50. The van der Waals surface area contributed by atoms with Crippen molar-refractivity contribution in [3.8, 4) is 11.6 Å². The lowest BCUT2D eigenvalue weighted by atomic mass is 10.2. The molecule has 0 fully saturated rings. The number of halogens is 1. The molecule has 0 N–H and O–H groups in total. The molecule has 0 unspecified atom stereocenters. The van der Waals surface area contributed by atoms with Crippen molar-refractivity contribution in [2.24, 2.45) is 0 Å². The Kier molecular flexibility index (Phi) is 4.03. The fourth-order valence-corrected chi connectivity index (χ4v) is 2.27. The van der Waals surface area contributed by atoms with Crippen LogP contribution in [0.4, 0.5) is 0 Å². The van der Waals surface area contributed by atoms with Gasteiger partial charge in [-0.3, -0.25) is 4.90 Å². The van der Waals surface area contributed by atoms with Crippen LogP contribution in [0, 0.1) is 0 Å². The molecule has 21 heavy (non-hydrogen) atoms. The summed E-state index contributed by atoms with van der Waals surface area (Å²) in [4.78, 5) is 6.39. The summed E-state index contributed by atoms with van der Waals surface area (Å²) < 4.78 is 10.5. The molecule has 0 bridgehead atoms. The number of nitrogens with zero attached hydrogens (tertiary/aromatic N) is 3. The van der Waals surface area contributed by atoms with Crippen LogP contribution in [-0.2, 0) is 13.1 Å². The van der Waals surface area contributed by atoms with E-state index in [-0.39, 0.29) is 0 Å². The van der Waals surface area contributed by atoms with Gasteiger partial charge in [-0.05, 0) is 36.9 Å². The molecule has 3 aromatic rings. The van der Waals surface area contributed by atoms with E-state index in [4.69, 9.17) is 20.5 Å². The van der Waals surface area contributed by atoms with E-state index < -0.39 is 0 Å². The molecule has 6 heteroatoms. The molecule has 0 spiro atoms. The molecule has 0 saturated heterocycles. The van der Waals surface area contributed by atoms with Gasteiger partial charge in [0.15, 0.2) is 5.76 Å². The van der Waals surface area contributed by atoms with E-state index in [0.29, 0.717) is 24.0 Å². The Morgan fingerprint density at radius 3 is 2.86 bits per heavy atom. The molecule has 0 radical (unpaired) electrons. The maximum absolute atomic E-state index is 5.98. The Balaban J connectivity index is 1.64. The summed E-state index contributed by atoms with van der Waals surface area (Å²) in [7, 11) is 1.98. The van der Waals surface area contributed by atoms with E-state index in [1.54, 1.807) is 18.4 Å². The minimum atomic E-state index is 0.464. The second kappa shape index (κ2) is 6.11. The smallest absolute Gasteiger partial charge is 0.241 e. The van der Waals surface area contributed by atoms with Crippen LogP contribution in [-0.4, -0.2) is 22.1 Å². The fraction of sp³-hybridized carbons (Fsp3) is 0.200. The number of hydrogen-bond donors (Lipinski definition) is 0. The number of aromatic nitrogens is 2. The highest BCUT2D eigenvalue weighted by Crippen LogP contribution is 2.17. The van der Waals surface area contributed by atoms with Crippen LogP contribution in [0.2, 0.25) is 5.02 Å². The zero-order chi connectivity index (χ0) is 14.7. The van der Waals surface area contributed by atoms with Crippen LogP contribution in [0.3, 0.4) is 0 Å². The first-order valence-corrected chi connectivity index (χ1v) is 6.88. The number of rotatable bonds is 5. The minimum absolute atomic E-state index is 0.464. The molecule has 0 aliphatic heterocycles. The monoisotopic (exact) mass is 303 g/mol. The summed E-state index contributed by atoms with van der Waals surface area (Å²) in [6.45, 7) is 1.30. The normalized spacial score (nSPS) is 11.2. The van der Waals surface area contributed by atoms with Crippen LogP contribution in [0.15, 0.2) is 51.6 Å². The maximum atomic E-state index is 5.98. The molecule has 0 amide bonds. The van der Waals surface area contributed by atoms with Crippen molar-refractivity contribution in [2.45, 2.75) is 13.1 Å². The summed E-state index contributed by atoms with van der Waals surface area (Å²) in [6.07, 6.45) is 1.58. The molecule has 1 aromatic carbocycles. The summed E-state index contributed by atoms with van der Waals surface area (Å²) in [5, 5.41) is 4.64. The molecule has 0 atom stereocenters. The molecular formula is C15H14ClN3O2. The maximum Gasteiger partial charge on any atom is 0.241 e. The Bertz CT molecular complexity index is 709. The standard InChI is InChI=1S/C15H14ClN3O2/c1-19(9-11-4-2-5-12(16)8-11)10-14-17-15(18-21-14)13-6-3-7-20-13/h2-8H,9-10H2,1H3. The third-order valence-corrected chi connectivity index (χ3v) is 3.19. The molecule has 108 valence electrons. The van der Waals surface area contributed by atoms with Crippen LogP contribution in [0.25, 0.3) is 11.6 Å². The molecule has 5 nitrogen and oxygen atoms in total. The first-order chi connectivity index (χ1) is 10.2. The quantitative estimate of drug-likeness (QED) is 0.720. The summed E-state index contributed by atoms with van der Waals surface area (Å²) in [5.74, 6) is 1.61. The third kappa shape index (κ3) is 3.51. The van der Waals surface area contributed by atoms with Gasteiger partial charge in [0.25, 0.3) is 0 Å². The highest BCUT2D eigenvalue weighted by molar-refractivity contribution is 6.30. The van der Waals surface area contributed by atoms with E-state index in [9.17, 15) is 0 Å². The van der Waals surface area contributed by atoms with Gasteiger partial charge in [-0.1, -0.05) is 28.9 Å². The van der Waals surface area contributed by atoms with Gasteiger partial charge in [0.2, 0.25) is 11.7 Å². The number of hydrogen-bond acceptors (Lipinski definition) is 5. The van der Waals surface area contributed by atoms with Crippen molar-refractivity contribution < 1.29 is 8.94 Å². The molecule has 0 aliphatic carbocycles. The van der Waals surface area contributed by atoms with Crippen molar-refractivity contribution in [1.82, 2.24) is 15.0 Å². The van der Waals surface area contributed by atoms with E-state index in [1.165, 1.54) is 0 Å². The van der Waals surface area contributed by atoms with Gasteiger partial charge < -0.3 is 8.94 Å². The second-order valence-electron chi connectivity index (χ2n) is 4.79. The molecule has 0 saturated carbocycles. The Morgan fingerprint density at radius 1 is 1.19 bits per heavy atom. The zero-order valence-corrected chi connectivity index (χ0v) is 12.2. The first kappa shape index (κ1) is 13.9. The van der Waals surface area contributed by atoms with E-state index in [0.717, 1.165) is 17.1 Å². The van der Waals surface area contributed by atoms with Crippen LogP contribution in [0.1, 0.15) is 11.5 Å². The van der Waals surface area contributed by atoms with Gasteiger partial charge in [0.05, 0.1) is 12.8 Å². The fourth-order valence-electron chi connectivity index (χ4n) is 2.06. The zero-order valence-electron chi connectivity index (χ0n) is 11.5. The lowest BCUT2D eigenvalue weighted by molar-refractivity contribution is 0.261. The van der Waals surface area contributed by atoms with Crippen LogP contribution in [0.5, 0.6) is 0 Å². The van der Waals surface area contributed by atoms with Crippen molar-refractivity contribution in [1.29, 1.82) is 0 Å². The van der Waals surface area contributed by atoms with Crippen molar-refractivity contribution in [2.75, 3.05) is 7.05 Å². The third-order valence-electron chi connectivity index (χ3n) is 2.96. The number of benzene rings is 1. The van der Waals surface area contributed by atoms with Gasteiger partial charge in [-0.2, -0.15) is 4.98 Å². The van der Waals surface area contributed by atoms with E-state index in [1.807, 2.05) is 31.3 Å². The van der Waals surface area contributed by atoms with Gasteiger partial charge >= 0.3 is 0 Å². The van der Waals surface area contributed by atoms with Gasteiger partial charge in [0, 0.05) is 11.6 Å². The predicted octanol–water partition coefficient (Wildman–Crippen LogP) is 3.62. The lowest BCUT2D eigenvalue weighted by Crippen LogP contribution is -2.17. The van der Waals surface area contributed by atoms with Gasteiger partial charge in [-0.15, -0.1) is 0 Å². The van der Waals surface area contributed by atoms with Crippen molar-refractivity contribution in [3.63, 3.8) is 0 Å². The van der Waals surface area contributed by atoms with E-state index >= 15 is 0 Å². The Labute approximate surface area is 127 Å². The lowest BCUT2D eigenvalue weighted by Gasteiger charge is -2.14. The van der Waals surface area contributed by atoms with E-state index in [2.05, 4.69) is 15.0 Å². The molecule has 2 aromatic heterocycles. The molecule has 3 rings (SSSR count). The van der Waals surface area contributed by atoms with Crippen molar-refractivity contribution in [3.05, 3.63) is 59.1 Å². The molecule has 2 heterocycles. The summed E-state index contributed by atoms with van der Waals surface area (Å²) in [5.41, 5.74) is 1.13. The topological polar surface area (TPSA) is 55.3 Å². The van der Waals surface area contributed by atoms with Crippen LogP contribution < -0.4 is 0 Å². The average molecular weight is 304 g/mol. The molecular weight excluding hydrogens is 290 g/mol. The predicted molar refractivity (Wildman–Crippen MR) is 78.6 cm³/mol. The SMILES string of the molecule is CN(Cc1cccc(Cl)c1)Cc1nc(-c2ccco2)no1. The Morgan fingerprint density at radius 2 is 2.10 bits per heavy atom. The summed E-state index contributed by atoms with van der Waals surface area (Å²) in [6, 6.07) is 11.4. The summed E-state index contributed by atoms with van der Waals surface area (Å²) >= 11 is 5.98. The van der Waals surface area contributed by atoms with Gasteiger partial charge in [-0.25, -0.2) is 0 Å². The van der Waals surface area contributed by atoms with Gasteiger partial charge in [0.1, 0.15) is 0 Å². The highest BCUT2D eigenvalue weighted by atomic mass is 35.5. The Hall–Kier alpha value is -2.11. The second-order valence-corrected chi connectivity index (χ2v) is 5.23. The van der Waals surface area contributed by atoms with Crippen LogP contribution >= 0.6 is 11.6 Å². The highest BCUT2D eigenvalue weighted by Gasteiger charge is 2.12.